The van der Waals surface area contributed by atoms with Crippen LogP contribution in [-0.4, -0.2) is 42.2 Å². The van der Waals surface area contributed by atoms with Crippen molar-refractivity contribution in [1.29, 1.82) is 0 Å². The van der Waals surface area contributed by atoms with Gasteiger partial charge < -0.3 is 34.0 Å². The van der Waals surface area contributed by atoms with Gasteiger partial charge in [0.2, 0.25) is 0 Å². The van der Waals surface area contributed by atoms with E-state index in [4.69, 9.17) is 0 Å². The molecule has 42 valence electrons. The van der Waals surface area contributed by atoms with Gasteiger partial charge in [0, 0.05) is 6.21 Å². The number of rotatable bonds is 0. The van der Waals surface area contributed by atoms with Gasteiger partial charge in [0.1, 0.15) is 6.34 Å². The van der Waals surface area contributed by atoms with Crippen molar-refractivity contribution in [3.63, 3.8) is 0 Å². The van der Waals surface area contributed by atoms with E-state index >= 15 is 0 Å². The smallest absolute Gasteiger partial charge is 1.00 e. The second-order valence-corrected chi connectivity index (χ2v) is 0.812. The van der Waals surface area contributed by atoms with E-state index in [1.165, 1.54) is 0 Å². The summed E-state index contributed by atoms with van der Waals surface area (Å²) in [4.78, 5) is 7.40. The van der Waals surface area contributed by atoms with E-state index in [2.05, 4.69) is 9.98 Å². The minimum atomic E-state index is 0. The van der Waals surface area contributed by atoms with Crippen molar-refractivity contribution in [3.8, 4) is 0 Å². The molecule has 0 saturated carbocycles. The summed E-state index contributed by atoms with van der Waals surface area (Å²) in [6.45, 7) is 0.778. The van der Waals surface area contributed by atoms with Gasteiger partial charge in [-0.1, -0.05) is 0 Å². The predicted octanol–water partition coefficient (Wildman–Crippen LogP) is -6.27. The van der Waals surface area contributed by atoms with Gasteiger partial charge in [-0.2, -0.15) is 0 Å². The maximum Gasteiger partial charge on any atom is 2.00 e. The minimum absolute atomic E-state index is 0. The third-order valence-electron chi connectivity index (χ3n) is 0.441. The van der Waals surface area contributed by atoms with Crippen molar-refractivity contribution in [2.45, 2.75) is 0 Å². The molecule has 0 aromatic rings. The number of hydrogen-bond acceptors (Lipinski definition) is 2. The maximum absolute atomic E-state index is 3.74. The molecule has 0 aromatic heterocycles. The Morgan fingerprint density at radius 2 is 1.88 bits per heavy atom. The molecule has 1 heterocycles. The molecule has 0 spiro atoms. The standard InChI is InChI=1S/C3H4N2.2BrH.Mg/c1-2-5-3-4-1;;;/h1,3H,2H2;2*1H;/q;;;+2/p-2. The maximum atomic E-state index is 3.74. The van der Waals surface area contributed by atoms with Crippen LogP contribution in [0.1, 0.15) is 0 Å². The van der Waals surface area contributed by atoms with E-state index in [9.17, 15) is 0 Å². The molecule has 0 bridgehead atoms. The van der Waals surface area contributed by atoms with Gasteiger partial charge >= 0.3 is 23.1 Å². The van der Waals surface area contributed by atoms with Crippen molar-refractivity contribution >= 4 is 35.6 Å². The van der Waals surface area contributed by atoms with E-state index in [1.807, 2.05) is 0 Å². The largest absolute Gasteiger partial charge is 2.00 e. The van der Waals surface area contributed by atoms with Crippen LogP contribution in [0.5, 0.6) is 0 Å². The van der Waals surface area contributed by atoms with E-state index in [0.717, 1.165) is 6.54 Å². The predicted molar refractivity (Wildman–Crippen MR) is 27.6 cm³/mol. The SMILES string of the molecule is C1=NC=NC1.[Br-].[Br-].[Mg+2]. The van der Waals surface area contributed by atoms with E-state index in [1.54, 1.807) is 12.6 Å². The topological polar surface area (TPSA) is 24.7 Å². The van der Waals surface area contributed by atoms with Crippen molar-refractivity contribution < 1.29 is 34.0 Å². The van der Waals surface area contributed by atoms with Crippen LogP contribution in [0.15, 0.2) is 9.98 Å². The monoisotopic (exact) mass is 250 g/mol. The molecule has 0 radical (unpaired) electrons. The van der Waals surface area contributed by atoms with Gasteiger partial charge in [-0.25, -0.2) is 4.99 Å². The van der Waals surface area contributed by atoms with Gasteiger partial charge in [0.05, 0.1) is 6.54 Å². The van der Waals surface area contributed by atoms with Crippen molar-refractivity contribution in [2.75, 3.05) is 6.54 Å². The zero-order chi connectivity index (χ0) is 3.54. The summed E-state index contributed by atoms with van der Waals surface area (Å²) in [6.07, 6.45) is 3.32. The second kappa shape index (κ2) is 10.9. The first-order valence-electron chi connectivity index (χ1n) is 1.50. The van der Waals surface area contributed by atoms with Crippen LogP contribution in [-0.2, 0) is 0 Å². The summed E-state index contributed by atoms with van der Waals surface area (Å²) in [6, 6.07) is 0. The average Bonchev–Trinajstić information content (AvgIpc) is 1.76. The summed E-state index contributed by atoms with van der Waals surface area (Å²) >= 11 is 0. The van der Waals surface area contributed by atoms with Gasteiger partial charge in [0.25, 0.3) is 0 Å². The third kappa shape index (κ3) is 7.07. The molecule has 1 rings (SSSR count). The molecule has 2 nitrogen and oxygen atoms in total. The molecule has 1 aliphatic heterocycles. The summed E-state index contributed by atoms with van der Waals surface area (Å²) in [7, 11) is 0. The quantitative estimate of drug-likeness (QED) is 0.383. The van der Waals surface area contributed by atoms with Crippen LogP contribution in [0.3, 0.4) is 0 Å². The van der Waals surface area contributed by atoms with Crippen LogP contribution in [0.2, 0.25) is 0 Å². The van der Waals surface area contributed by atoms with Crippen molar-refractivity contribution in [3.05, 3.63) is 0 Å². The molecule has 0 amide bonds. The number of aliphatic imine (C=N–C) groups is 2. The fourth-order valence-electron chi connectivity index (χ4n) is 0.236. The third-order valence-corrected chi connectivity index (χ3v) is 0.441. The van der Waals surface area contributed by atoms with E-state index in [0.29, 0.717) is 0 Å². The van der Waals surface area contributed by atoms with E-state index < -0.39 is 0 Å². The van der Waals surface area contributed by atoms with Crippen LogP contribution >= 0.6 is 0 Å². The number of nitrogens with zero attached hydrogens (tertiary/aromatic N) is 2. The molecule has 0 fully saturated rings. The number of halogens is 2. The van der Waals surface area contributed by atoms with Gasteiger partial charge in [-0.05, 0) is 0 Å². The molecule has 0 aromatic carbocycles. The Kier molecular flexibility index (Phi) is 21.9. The summed E-state index contributed by atoms with van der Waals surface area (Å²) in [5.74, 6) is 0. The molecule has 0 atom stereocenters. The number of hydrogen-bond donors (Lipinski definition) is 0. The molecule has 0 unspecified atom stereocenters. The fourth-order valence-corrected chi connectivity index (χ4v) is 0.236. The van der Waals surface area contributed by atoms with Crippen LogP contribution in [0.4, 0.5) is 0 Å². The fraction of sp³-hybridized carbons (Fsp3) is 0.333. The van der Waals surface area contributed by atoms with Gasteiger partial charge in [0.15, 0.2) is 0 Å². The Morgan fingerprint density at radius 1 is 1.25 bits per heavy atom. The van der Waals surface area contributed by atoms with Gasteiger partial charge in [-0.3, -0.25) is 4.99 Å². The van der Waals surface area contributed by atoms with Crippen LogP contribution < -0.4 is 34.0 Å². The molecular weight excluding hydrogens is 248 g/mol. The van der Waals surface area contributed by atoms with Crippen LogP contribution in [0.25, 0.3) is 0 Å². The molecular formula is C3H4Br2MgN2. The molecule has 0 aliphatic carbocycles. The first kappa shape index (κ1) is 16.0. The summed E-state index contributed by atoms with van der Waals surface area (Å²) < 4.78 is 0. The Balaban J connectivity index is -0.0000000833. The molecule has 1 aliphatic rings. The molecule has 5 heteroatoms. The van der Waals surface area contributed by atoms with Crippen molar-refractivity contribution in [2.24, 2.45) is 9.98 Å². The normalized spacial score (nSPS) is 11.0. The average molecular weight is 252 g/mol. The molecule has 8 heavy (non-hydrogen) atoms. The second-order valence-electron chi connectivity index (χ2n) is 0.812. The molecule has 0 N–H and O–H groups in total. The zero-order valence-corrected chi connectivity index (χ0v) is 8.81. The Labute approximate surface area is 85.5 Å². The minimum Gasteiger partial charge on any atom is -1.00 e. The first-order chi connectivity index (χ1) is 2.50. The zero-order valence-electron chi connectivity index (χ0n) is 4.22. The van der Waals surface area contributed by atoms with Crippen molar-refractivity contribution in [1.82, 2.24) is 0 Å². The molecule has 0 saturated heterocycles. The Bertz CT molecular complexity index is 73.4. The summed E-state index contributed by atoms with van der Waals surface area (Å²) in [5.41, 5.74) is 0. The Morgan fingerprint density at radius 3 is 2.00 bits per heavy atom. The summed E-state index contributed by atoms with van der Waals surface area (Å²) in [5, 5.41) is 0. The van der Waals surface area contributed by atoms with Gasteiger partial charge in [-0.15, -0.1) is 0 Å². The van der Waals surface area contributed by atoms with E-state index in [-0.39, 0.29) is 57.0 Å². The first-order valence-corrected chi connectivity index (χ1v) is 1.50. The van der Waals surface area contributed by atoms with Crippen LogP contribution in [0, 0.1) is 0 Å². The Hall–Kier alpha value is 1.07.